The van der Waals surface area contributed by atoms with E-state index in [2.05, 4.69) is 42.3 Å². The van der Waals surface area contributed by atoms with Crippen LogP contribution in [-0.4, -0.2) is 25.0 Å². The fourth-order valence-corrected chi connectivity index (χ4v) is 3.44. The lowest BCUT2D eigenvalue weighted by molar-refractivity contribution is 0.0104. The van der Waals surface area contributed by atoms with Gasteiger partial charge in [0.2, 0.25) is 0 Å². The first-order chi connectivity index (χ1) is 6.78. The van der Waals surface area contributed by atoms with Crippen molar-refractivity contribution in [1.82, 2.24) is 4.90 Å². The van der Waals surface area contributed by atoms with Gasteiger partial charge in [0.1, 0.15) is 0 Å². The Morgan fingerprint density at radius 1 is 1.20 bits per heavy atom. The third kappa shape index (κ3) is 1.68. The molecule has 0 N–H and O–H groups in total. The summed E-state index contributed by atoms with van der Waals surface area (Å²) in [6.45, 7) is 2.57. The first-order valence-electron chi connectivity index (χ1n) is 5.53. The molecule has 2 heterocycles. The number of likely N-dealkylation sites (N-methyl/N-ethyl adjacent to an activating group) is 1. The van der Waals surface area contributed by atoms with Gasteiger partial charge < -0.3 is 4.90 Å². The zero-order valence-electron chi connectivity index (χ0n) is 9.15. The number of benzene rings is 1. The second-order valence-corrected chi connectivity index (χ2v) is 5.12. The van der Waals surface area contributed by atoms with Crippen LogP contribution in [0.2, 0.25) is 0 Å². The van der Waals surface area contributed by atoms with Gasteiger partial charge in [-0.25, -0.2) is 0 Å². The highest BCUT2D eigenvalue weighted by Gasteiger charge is 2.49. The molecule has 0 aromatic heterocycles. The van der Waals surface area contributed by atoms with Crippen LogP contribution < -0.4 is 0 Å². The SMILES string of the molecule is CN1CC2CC(c3ccccc3)(C2)C1.Cl. The summed E-state index contributed by atoms with van der Waals surface area (Å²) < 4.78 is 0. The molecule has 1 nitrogen and oxygen atoms in total. The largest absolute Gasteiger partial charge is 0.305 e. The van der Waals surface area contributed by atoms with Gasteiger partial charge >= 0.3 is 0 Å². The number of hydrogen-bond donors (Lipinski definition) is 0. The number of rotatable bonds is 1. The van der Waals surface area contributed by atoms with Gasteiger partial charge in [0.15, 0.2) is 0 Å². The monoisotopic (exact) mass is 223 g/mol. The average molecular weight is 224 g/mol. The van der Waals surface area contributed by atoms with E-state index in [0.29, 0.717) is 5.41 Å². The number of hydrogen-bond acceptors (Lipinski definition) is 1. The van der Waals surface area contributed by atoms with Crippen molar-refractivity contribution in [3.05, 3.63) is 35.9 Å². The minimum absolute atomic E-state index is 0. The van der Waals surface area contributed by atoms with Crippen molar-refractivity contribution in [3.63, 3.8) is 0 Å². The van der Waals surface area contributed by atoms with E-state index in [1.54, 1.807) is 5.56 Å². The minimum Gasteiger partial charge on any atom is -0.305 e. The van der Waals surface area contributed by atoms with Gasteiger partial charge in [-0.15, -0.1) is 12.4 Å². The van der Waals surface area contributed by atoms with Crippen LogP contribution in [-0.2, 0) is 5.41 Å². The Labute approximate surface area is 97.9 Å². The van der Waals surface area contributed by atoms with Gasteiger partial charge in [-0.2, -0.15) is 0 Å². The zero-order chi connectivity index (χ0) is 9.60. The molecule has 0 atom stereocenters. The predicted molar refractivity (Wildman–Crippen MR) is 65.6 cm³/mol. The first kappa shape index (κ1) is 11.0. The number of nitrogens with zero attached hydrogens (tertiary/aromatic N) is 1. The number of piperidine rings is 2. The van der Waals surface area contributed by atoms with Crippen LogP contribution in [0.1, 0.15) is 18.4 Å². The third-order valence-corrected chi connectivity index (χ3v) is 3.89. The maximum absolute atomic E-state index is 2.49. The lowest BCUT2D eigenvalue weighted by Gasteiger charge is -2.56. The second kappa shape index (κ2) is 3.80. The van der Waals surface area contributed by atoms with E-state index >= 15 is 0 Å². The van der Waals surface area contributed by atoms with Crippen LogP contribution in [0.4, 0.5) is 0 Å². The van der Waals surface area contributed by atoms with E-state index in [-0.39, 0.29) is 12.4 Å². The molecular weight excluding hydrogens is 206 g/mol. The smallest absolute Gasteiger partial charge is 0.00864 e. The Kier molecular flexibility index (Phi) is 2.78. The zero-order valence-corrected chi connectivity index (χ0v) is 9.96. The van der Waals surface area contributed by atoms with Crippen molar-refractivity contribution in [2.75, 3.05) is 20.1 Å². The molecule has 1 saturated carbocycles. The molecule has 2 heteroatoms. The van der Waals surface area contributed by atoms with E-state index in [4.69, 9.17) is 0 Å². The highest BCUT2D eigenvalue weighted by atomic mass is 35.5. The highest BCUT2D eigenvalue weighted by molar-refractivity contribution is 5.85. The molecule has 0 spiro atoms. The molecule has 82 valence electrons. The fraction of sp³-hybridized carbons (Fsp3) is 0.538. The van der Waals surface area contributed by atoms with Crippen LogP contribution >= 0.6 is 12.4 Å². The Bertz CT molecular complexity index is 330. The quantitative estimate of drug-likeness (QED) is 0.708. The first-order valence-corrected chi connectivity index (χ1v) is 5.53. The van der Waals surface area contributed by atoms with E-state index in [0.717, 1.165) is 5.92 Å². The molecule has 2 saturated heterocycles. The summed E-state index contributed by atoms with van der Waals surface area (Å²) >= 11 is 0. The van der Waals surface area contributed by atoms with Crippen molar-refractivity contribution in [2.24, 2.45) is 5.92 Å². The van der Waals surface area contributed by atoms with E-state index in [1.807, 2.05) is 0 Å². The Hall–Kier alpha value is -0.530. The number of fused-ring (bicyclic) bond motifs is 2. The van der Waals surface area contributed by atoms with E-state index < -0.39 is 0 Å². The maximum atomic E-state index is 2.49. The molecular formula is C13H18ClN. The van der Waals surface area contributed by atoms with E-state index in [9.17, 15) is 0 Å². The summed E-state index contributed by atoms with van der Waals surface area (Å²) in [4.78, 5) is 2.49. The topological polar surface area (TPSA) is 3.24 Å². The molecule has 3 fully saturated rings. The lowest BCUT2D eigenvalue weighted by atomic mass is 9.56. The summed E-state index contributed by atoms with van der Waals surface area (Å²) in [6.07, 6.45) is 2.84. The minimum atomic E-state index is 0. The summed E-state index contributed by atoms with van der Waals surface area (Å²) in [5.41, 5.74) is 2.07. The molecule has 0 radical (unpaired) electrons. The summed E-state index contributed by atoms with van der Waals surface area (Å²) in [5, 5.41) is 0. The van der Waals surface area contributed by atoms with Crippen molar-refractivity contribution >= 4 is 12.4 Å². The molecule has 0 unspecified atom stereocenters. The Balaban J connectivity index is 0.000000853. The Morgan fingerprint density at radius 2 is 1.87 bits per heavy atom. The van der Waals surface area contributed by atoms with Crippen molar-refractivity contribution in [2.45, 2.75) is 18.3 Å². The fourth-order valence-electron chi connectivity index (χ4n) is 3.44. The molecule has 4 rings (SSSR count). The molecule has 15 heavy (non-hydrogen) atoms. The molecule has 3 aliphatic rings. The average Bonchev–Trinajstić information content (AvgIpc) is 2.17. The predicted octanol–water partition coefficient (Wildman–Crippen LogP) is 2.70. The third-order valence-electron chi connectivity index (χ3n) is 3.89. The Morgan fingerprint density at radius 3 is 2.47 bits per heavy atom. The van der Waals surface area contributed by atoms with Gasteiger partial charge in [-0.05, 0) is 31.4 Å². The van der Waals surface area contributed by atoms with Gasteiger partial charge in [-0.3, -0.25) is 0 Å². The highest BCUT2D eigenvalue weighted by Crippen LogP contribution is 2.51. The van der Waals surface area contributed by atoms with Gasteiger partial charge in [0.25, 0.3) is 0 Å². The van der Waals surface area contributed by atoms with Crippen LogP contribution in [0.15, 0.2) is 30.3 Å². The molecule has 1 aromatic carbocycles. The molecule has 1 aromatic rings. The number of halogens is 1. The summed E-state index contributed by atoms with van der Waals surface area (Å²) in [6, 6.07) is 11.1. The van der Waals surface area contributed by atoms with E-state index in [1.165, 1.54) is 25.9 Å². The van der Waals surface area contributed by atoms with Gasteiger partial charge in [-0.1, -0.05) is 30.3 Å². The molecule has 0 amide bonds. The van der Waals surface area contributed by atoms with Crippen molar-refractivity contribution in [3.8, 4) is 0 Å². The molecule has 2 bridgehead atoms. The summed E-state index contributed by atoms with van der Waals surface area (Å²) in [7, 11) is 2.25. The van der Waals surface area contributed by atoms with Gasteiger partial charge in [0, 0.05) is 18.5 Å². The standard InChI is InChI=1S/C13H17N.ClH/c1-14-9-11-7-13(8-11,10-14)12-5-3-2-4-6-12;/h2-6,11H,7-10H2,1H3;1H. The second-order valence-electron chi connectivity index (χ2n) is 5.12. The van der Waals surface area contributed by atoms with Crippen LogP contribution in [0.3, 0.4) is 0 Å². The summed E-state index contributed by atoms with van der Waals surface area (Å²) in [5.74, 6) is 0.967. The van der Waals surface area contributed by atoms with Crippen LogP contribution in [0, 0.1) is 5.92 Å². The van der Waals surface area contributed by atoms with Crippen molar-refractivity contribution < 1.29 is 0 Å². The normalized spacial score (nSPS) is 34.1. The maximum Gasteiger partial charge on any atom is 0.00864 e. The lowest BCUT2D eigenvalue weighted by Crippen LogP contribution is -2.57. The molecule has 2 aliphatic heterocycles. The van der Waals surface area contributed by atoms with Crippen molar-refractivity contribution in [1.29, 1.82) is 0 Å². The van der Waals surface area contributed by atoms with Gasteiger partial charge in [0.05, 0.1) is 0 Å². The van der Waals surface area contributed by atoms with Crippen LogP contribution in [0.25, 0.3) is 0 Å². The van der Waals surface area contributed by atoms with Crippen LogP contribution in [0.5, 0.6) is 0 Å². The molecule has 1 aliphatic carbocycles.